The van der Waals surface area contributed by atoms with Gasteiger partial charge in [-0.15, -0.1) is 17.0 Å². The van der Waals surface area contributed by atoms with E-state index in [2.05, 4.69) is 63.0 Å². The van der Waals surface area contributed by atoms with Gasteiger partial charge in [-0.1, -0.05) is 42.5 Å². The highest BCUT2D eigenvalue weighted by atomic mass is 79.9. The van der Waals surface area contributed by atoms with Crippen LogP contribution < -0.4 is 10.6 Å². The predicted molar refractivity (Wildman–Crippen MR) is 155 cm³/mol. The monoisotopic (exact) mass is 574 g/mol. The molecule has 2 aromatic carbocycles. The largest absolute Gasteiger partial charge is 0.351 e. The molecule has 0 spiro atoms. The van der Waals surface area contributed by atoms with Gasteiger partial charge in [0.25, 0.3) is 0 Å². The van der Waals surface area contributed by atoms with Crippen LogP contribution in [0.2, 0.25) is 0 Å². The Balaban J connectivity index is 0.00000294. The van der Waals surface area contributed by atoms with Crippen molar-refractivity contribution in [3.8, 4) is 0 Å². The number of pyridine rings is 1. The van der Waals surface area contributed by atoms with E-state index >= 15 is 0 Å². The molecule has 1 saturated heterocycles. The third kappa shape index (κ3) is 5.98. The van der Waals surface area contributed by atoms with Gasteiger partial charge in [-0.05, 0) is 73.5 Å². The van der Waals surface area contributed by atoms with Gasteiger partial charge in [0.1, 0.15) is 5.82 Å². The van der Waals surface area contributed by atoms with Gasteiger partial charge in [0, 0.05) is 19.3 Å². The third-order valence-electron chi connectivity index (χ3n) is 7.65. The molecule has 2 aliphatic rings. The maximum absolute atomic E-state index is 12.3. The van der Waals surface area contributed by atoms with Gasteiger partial charge in [-0.25, -0.2) is 4.98 Å². The van der Waals surface area contributed by atoms with Crippen LogP contribution in [0.3, 0.4) is 0 Å². The lowest BCUT2D eigenvalue weighted by atomic mass is 9.90. The molecule has 8 heteroatoms. The maximum atomic E-state index is 12.3. The van der Waals surface area contributed by atoms with Crippen LogP contribution in [0.4, 0.5) is 0 Å². The van der Waals surface area contributed by atoms with Crippen LogP contribution in [0.25, 0.3) is 11.0 Å². The Bertz CT molecular complexity index is 1330. The minimum atomic E-state index is -0.0435. The first-order chi connectivity index (χ1) is 18.2. The number of aromatic amines is 1. The molecule has 3 heterocycles. The molecule has 198 valence electrons. The summed E-state index contributed by atoms with van der Waals surface area (Å²) in [5.41, 5.74) is 6.98. The van der Waals surface area contributed by atoms with Crippen LogP contribution in [0, 0.1) is 0 Å². The minimum absolute atomic E-state index is 0. The molecule has 2 unspecified atom stereocenters. The number of benzene rings is 2. The number of aromatic nitrogens is 3. The first kappa shape index (κ1) is 26.5. The molecule has 1 aliphatic heterocycles. The Labute approximate surface area is 234 Å². The number of halogens is 1. The molecule has 2 aromatic heterocycles. The fourth-order valence-corrected chi connectivity index (χ4v) is 5.71. The molecule has 7 nitrogen and oxygen atoms in total. The lowest BCUT2D eigenvalue weighted by molar-refractivity contribution is -0.122. The quantitative estimate of drug-likeness (QED) is 0.276. The fraction of sp³-hybridized carbons (Fsp3) is 0.367. The van der Waals surface area contributed by atoms with Crippen LogP contribution in [0.15, 0.2) is 66.9 Å². The zero-order chi connectivity index (χ0) is 25.0. The molecule has 1 aliphatic carbocycles. The number of fused-ring (bicyclic) bond motifs is 2. The zero-order valence-corrected chi connectivity index (χ0v) is 23.2. The summed E-state index contributed by atoms with van der Waals surface area (Å²) in [4.78, 5) is 28.1. The van der Waals surface area contributed by atoms with Gasteiger partial charge >= 0.3 is 0 Å². The van der Waals surface area contributed by atoms with Gasteiger partial charge < -0.3 is 15.6 Å². The average Bonchev–Trinajstić information content (AvgIpc) is 3.62. The molecule has 3 N–H and O–H groups in total. The van der Waals surface area contributed by atoms with E-state index in [0.717, 1.165) is 74.2 Å². The fourth-order valence-electron chi connectivity index (χ4n) is 5.71. The van der Waals surface area contributed by atoms with E-state index in [1.165, 1.54) is 16.8 Å². The van der Waals surface area contributed by atoms with Crippen LogP contribution in [0.5, 0.6) is 0 Å². The van der Waals surface area contributed by atoms with Crippen molar-refractivity contribution in [1.82, 2.24) is 30.5 Å². The molecule has 4 aromatic rings. The first-order valence-corrected chi connectivity index (χ1v) is 13.4. The van der Waals surface area contributed by atoms with Crippen molar-refractivity contribution < 1.29 is 4.79 Å². The summed E-state index contributed by atoms with van der Waals surface area (Å²) < 4.78 is 0. The summed E-state index contributed by atoms with van der Waals surface area (Å²) in [5.74, 6) is 1.08. The van der Waals surface area contributed by atoms with Crippen molar-refractivity contribution in [3.63, 3.8) is 0 Å². The highest BCUT2D eigenvalue weighted by Crippen LogP contribution is 2.34. The second kappa shape index (κ2) is 12.2. The highest BCUT2D eigenvalue weighted by Gasteiger charge is 2.28. The standard InChI is InChI=1S/C30H34N6O.BrH/c37-30(26-10-5-16-31-26)33-18-21-12-14-22(15-13-21)19-36(20-28-34-24-8-1-2-9-25(24)35-28)27-11-3-6-23-7-4-17-32-29(23)27;/h1-2,4,7-9,12-15,17,26-27,31H,3,5-6,10-11,16,18-20H2,(H,33,37)(H,34,35);1H. The van der Waals surface area contributed by atoms with Crippen LogP contribution in [0.1, 0.15) is 59.9 Å². The van der Waals surface area contributed by atoms with Gasteiger partial charge in [0.05, 0.1) is 35.4 Å². The van der Waals surface area contributed by atoms with Crippen molar-refractivity contribution >= 4 is 33.9 Å². The molecule has 1 fully saturated rings. The average molecular weight is 576 g/mol. The molecule has 6 rings (SSSR count). The number of carbonyl (C=O) groups excluding carboxylic acids is 1. The molecule has 0 bridgehead atoms. The summed E-state index contributed by atoms with van der Waals surface area (Å²) in [6.45, 7) is 3.01. The molecular weight excluding hydrogens is 540 g/mol. The molecule has 1 amide bonds. The van der Waals surface area contributed by atoms with Crippen molar-refractivity contribution in [1.29, 1.82) is 0 Å². The summed E-state index contributed by atoms with van der Waals surface area (Å²) in [5, 5.41) is 6.34. The normalized spacial score (nSPS) is 18.8. The van der Waals surface area contributed by atoms with E-state index < -0.39 is 0 Å². The Morgan fingerprint density at radius 1 is 0.974 bits per heavy atom. The Kier molecular flexibility index (Phi) is 8.51. The van der Waals surface area contributed by atoms with Crippen molar-refractivity contribution in [3.05, 3.63) is 95.1 Å². The Morgan fingerprint density at radius 2 is 1.82 bits per heavy atom. The minimum Gasteiger partial charge on any atom is -0.351 e. The topological polar surface area (TPSA) is 85.9 Å². The SMILES string of the molecule is Br.O=C(NCc1ccc(CN(Cc2nc3ccccc3[nH]2)C2CCCc3cccnc32)cc1)C1CCCN1. The van der Waals surface area contributed by atoms with Crippen LogP contribution >= 0.6 is 17.0 Å². The molecular formula is C30H35BrN6O. The second-order valence-corrected chi connectivity index (χ2v) is 10.2. The van der Waals surface area contributed by atoms with E-state index in [-0.39, 0.29) is 35.0 Å². The highest BCUT2D eigenvalue weighted by molar-refractivity contribution is 8.93. The van der Waals surface area contributed by atoms with E-state index in [1.54, 1.807) is 0 Å². The summed E-state index contributed by atoms with van der Waals surface area (Å²) in [6.07, 6.45) is 7.25. The molecule has 0 radical (unpaired) electrons. The lowest BCUT2D eigenvalue weighted by Crippen LogP contribution is -2.39. The summed E-state index contributed by atoms with van der Waals surface area (Å²) in [7, 11) is 0. The van der Waals surface area contributed by atoms with Crippen LogP contribution in [-0.2, 0) is 30.8 Å². The van der Waals surface area contributed by atoms with Crippen LogP contribution in [-0.4, -0.2) is 38.3 Å². The Morgan fingerprint density at radius 3 is 2.63 bits per heavy atom. The van der Waals surface area contributed by atoms with Gasteiger partial charge in [0.15, 0.2) is 0 Å². The molecule has 0 saturated carbocycles. The number of nitrogens with one attached hydrogen (secondary N) is 3. The van der Waals surface area contributed by atoms with Crippen molar-refractivity contribution in [2.24, 2.45) is 0 Å². The number of para-hydroxylation sites is 2. The van der Waals surface area contributed by atoms with Crippen molar-refractivity contribution in [2.75, 3.05) is 6.54 Å². The summed E-state index contributed by atoms with van der Waals surface area (Å²) in [6, 6.07) is 21.3. The third-order valence-corrected chi connectivity index (χ3v) is 7.65. The van der Waals surface area contributed by atoms with Gasteiger partial charge in [-0.2, -0.15) is 0 Å². The van der Waals surface area contributed by atoms with Gasteiger partial charge in [-0.3, -0.25) is 14.7 Å². The van der Waals surface area contributed by atoms with Crippen molar-refractivity contribution in [2.45, 2.75) is 63.8 Å². The molecule has 2 atom stereocenters. The number of rotatable bonds is 8. The zero-order valence-electron chi connectivity index (χ0n) is 21.5. The van der Waals surface area contributed by atoms with E-state index in [9.17, 15) is 4.79 Å². The van der Waals surface area contributed by atoms with E-state index in [0.29, 0.717) is 6.54 Å². The van der Waals surface area contributed by atoms with E-state index in [1.807, 2.05) is 24.4 Å². The number of amides is 1. The number of hydrogen-bond donors (Lipinski definition) is 3. The second-order valence-electron chi connectivity index (χ2n) is 10.2. The number of aryl methyl sites for hydroxylation is 1. The Hall–Kier alpha value is -3.07. The number of H-pyrrole nitrogens is 1. The smallest absolute Gasteiger partial charge is 0.237 e. The first-order valence-electron chi connectivity index (χ1n) is 13.4. The maximum Gasteiger partial charge on any atom is 0.237 e. The van der Waals surface area contributed by atoms with Gasteiger partial charge in [0.2, 0.25) is 5.91 Å². The number of imidazole rings is 1. The van der Waals surface area contributed by atoms with E-state index in [4.69, 9.17) is 9.97 Å². The lowest BCUT2D eigenvalue weighted by Gasteiger charge is -2.34. The number of hydrogen-bond acceptors (Lipinski definition) is 5. The number of carbonyl (C=O) groups is 1. The predicted octanol–water partition coefficient (Wildman–Crippen LogP) is 4.98. The summed E-state index contributed by atoms with van der Waals surface area (Å²) >= 11 is 0. The number of nitrogens with zero attached hydrogens (tertiary/aromatic N) is 3. The molecule has 38 heavy (non-hydrogen) atoms.